The second kappa shape index (κ2) is 9.13. The Hall–Kier alpha value is -2.81. The summed E-state index contributed by atoms with van der Waals surface area (Å²) in [6.45, 7) is -0.601. The fourth-order valence-corrected chi connectivity index (χ4v) is 4.00. The molecule has 29 heavy (non-hydrogen) atoms. The molecule has 150 valence electrons. The topological polar surface area (TPSA) is 93.7 Å². The summed E-state index contributed by atoms with van der Waals surface area (Å²) in [5, 5.41) is 1.34. The van der Waals surface area contributed by atoms with Crippen LogP contribution in [0.4, 0.5) is 0 Å². The number of hydrogen-bond acceptors (Lipinski definition) is 6. The number of carbonyl (C=O) groups excluding carboxylic acids is 3. The number of nitrogens with one attached hydrogen (secondary N) is 2. The van der Waals surface area contributed by atoms with E-state index in [2.05, 4.69) is 10.9 Å². The van der Waals surface area contributed by atoms with Gasteiger partial charge in [-0.25, -0.2) is 4.79 Å². The zero-order valence-corrected chi connectivity index (χ0v) is 17.3. The van der Waals surface area contributed by atoms with Crippen molar-refractivity contribution in [3.05, 3.63) is 63.0 Å². The average Bonchev–Trinajstić information content (AvgIpc) is 3.07. The van der Waals surface area contributed by atoms with E-state index in [4.69, 9.17) is 32.7 Å². The lowest BCUT2D eigenvalue weighted by molar-refractivity contribution is -0.125. The second-order valence-corrected chi connectivity index (χ2v) is 7.53. The molecule has 10 heteroatoms. The number of hydrogen-bond donors (Lipinski definition) is 2. The van der Waals surface area contributed by atoms with Gasteiger partial charge in [0, 0.05) is 15.1 Å². The monoisotopic (exact) mass is 452 g/mol. The van der Waals surface area contributed by atoms with Crippen molar-refractivity contribution >= 4 is 62.4 Å². The number of carbonyl (C=O) groups is 3. The van der Waals surface area contributed by atoms with E-state index in [9.17, 15) is 14.4 Å². The predicted octanol–water partition coefficient (Wildman–Crippen LogP) is 3.83. The third kappa shape index (κ3) is 4.79. The van der Waals surface area contributed by atoms with Crippen LogP contribution in [-0.4, -0.2) is 31.5 Å². The van der Waals surface area contributed by atoms with Gasteiger partial charge in [-0.1, -0.05) is 41.4 Å². The van der Waals surface area contributed by atoms with E-state index in [1.54, 1.807) is 18.2 Å². The lowest BCUT2D eigenvalue weighted by Crippen LogP contribution is -2.43. The Morgan fingerprint density at radius 1 is 1.07 bits per heavy atom. The molecule has 0 bridgehead atoms. The molecule has 0 aliphatic carbocycles. The van der Waals surface area contributed by atoms with Crippen LogP contribution in [0.25, 0.3) is 10.1 Å². The number of fused-ring (bicyclic) bond motifs is 1. The van der Waals surface area contributed by atoms with Gasteiger partial charge < -0.3 is 9.47 Å². The molecule has 0 saturated carbocycles. The van der Waals surface area contributed by atoms with Crippen molar-refractivity contribution in [2.45, 2.75) is 0 Å². The van der Waals surface area contributed by atoms with Crippen LogP contribution in [0.2, 0.25) is 10.0 Å². The highest BCUT2D eigenvalue weighted by molar-refractivity contribution is 7.21. The normalized spacial score (nSPS) is 10.4. The van der Waals surface area contributed by atoms with Crippen LogP contribution in [0, 0.1) is 0 Å². The van der Waals surface area contributed by atoms with Gasteiger partial charge in [0.2, 0.25) is 0 Å². The lowest BCUT2D eigenvalue weighted by atomic mass is 10.2. The average molecular weight is 453 g/mol. The molecule has 0 fully saturated rings. The molecular formula is C19H14Cl2N2O5S. The SMILES string of the molecule is COc1ccc(Cl)cc1C(=O)NNC(=O)COC(=O)c1sc2ccccc2c1Cl. The highest BCUT2D eigenvalue weighted by Gasteiger charge is 2.20. The first kappa shape index (κ1) is 20.9. The third-order valence-electron chi connectivity index (χ3n) is 3.78. The standard InChI is InChI=1S/C19H14Cl2N2O5S/c1-27-13-7-6-10(20)8-12(13)18(25)23-22-15(24)9-28-19(26)17-16(21)11-4-2-3-5-14(11)29-17/h2-8H,9H2,1H3,(H,22,24)(H,23,25). The first-order chi connectivity index (χ1) is 13.9. The predicted molar refractivity (Wildman–Crippen MR) is 111 cm³/mol. The minimum Gasteiger partial charge on any atom is -0.496 e. The Morgan fingerprint density at radius 3 is 2.55 bits per heavy atom. The molecule has 7 nitrogen and oxygen atoms in total. The number of thiophene rings is 1. The zero-order valence-electron chi connectivity index (χ0n) is 15.0. The van der Waals surface area contributed by atoms with E-state index in [1.807, 2.05) is 12.1 Å². The summed E-state index contributed by atoms with van der Waals surface area (Å²) in [6.07, 6.45) is 0. The van der Waals surface area contributed by atoms with Gasteiger partial charge in [0.25, 0.3) is 11.8 Å². The molecule has 0 aliphatic heterocycles. The molecule has 2 aromatic carbocycles. The van der Waals surface area contributed by atoms with E-state index in [0.29, 0.717) is 5.02 Å². The number of rotatable bonds is 5. The van der Waals surface area contributed by atoms with Crippen molar-refractivity contribution in [1.29, 1.82) is 0 Å². The van der Waals surface area contributed by atoms with Gasteiger partial charge in [-0.05, 0) is 24.3 Å². The molecule has 3 aromatic rings. The quantitative estimate of drug-likeness (QED) is 0.453. The number of hydrazine groups is 1. The molecule has 2 amide bonds. The molecule has 0 radical (unpaired) electrons. The smallest absolute Gasteiger partial charge is 0.350 e. The van der Waals surface area contributed by atoms with Gasteiger partial charge >= 0.3 is 5.97 Å². The van der Waals surface area contributed by atoms with Crippen molar-refractivity contribution in [2.24, 2.45) is 0 Å². The van der Waals surface area contributed by atoms with E-state index < -0.39 is 24.4 Å². The van der Waals surface area contributed by atoms with E-state index in [-0.39, 0.29) is 21.2 Å². The van der Waals surface area contributed by atoms with Crippen LogP contribution in [0.5, 0.6) is 5.75 Å². The van der Waals surface area contributed by atoms with Gasteiger partial charge in [-0.3, -0.25) is 20.4 Å². The van der Waals surface area contributed by atoms with Gasteiger partial charge in [-0.2, -0.15) is 0 Å². The summed E-state index contributed by atoms with van der Waals surface area (Å²) in [6, 6.07) is 11.7. The number of benzene rings is 2. The Morgan fingerprint density at radius 2 is 1.83 bits per heavy atom. The lowest BCUT2D eigenvalue weighted by Gasteiger charge is -2.10. The van der Waals surface area contributed by atoms with E-state index >= 15 is 0 Å². The van der Waals surface area contributed by atoms with Crippen LogP contribution in [0.15, 0.2) is 42.5 Å². The van der Waals surface area contributed by atoms with Crippen molar-refractivity contribution in [3.8, 4) is 5.75 Å². The molecule has 2 N–H and O–H groups in total. The molecule has 1 heterocycles. The minimum atomic E-state index is -0.732. The number of ether oxygens (including phenoxy) is 2. The van der Waals surface area contributed by atoms with Crippen molar-refractivity contribution in [3.63, 3.8) is 0 Å². The molecular weight excluding hydrogens is 439 g/mol. The van der Waals surface area contributed by atoms with Crippen LogP contribution >= 0.6 is 34.5 Å². The molecule has 1 aromatic heterocycles. The third-order valence-corrected chi connectivity index (χ3v) is 5.67. The molecule has 0 atom stereocenters. The van der Waals surface area contributed by atoms with Crippen molar-refractivity contribution in [2.75, 3.05) is 13.7 Å². The summed E-state index contributed by atoms with van der Waals surface area (Å²) >= 11 is 13.3. The minimum absolute atomic E-state index is 0.134. The maximum Gasteiger partial charge on any atom is 0.350 e. The first-order valence-corrected chi connectivity index (χ1v) is 9.75. The summed E-state index contributed by atoms with van der Waals surface area (Å²) in [4.78, 5) is 36.5. The summed E-state index contributed by atoms with van der Waals surface area (Å²) < 4.78 is 10.9. The van der Waals surface area contributed by atoms with E-state index in [0.717, 1.165) is 10.1 Å². The second-order valence-electron chi connectivity index (χ2n) is 5.66. The Bertz CT molecular complexity index is 1100. The van der Waals surface area contributed by atoms with Crippen LogP contribution in [0.3, 0.4) is 0 Å². The van der Waals surface area contributed by atoms with Crippen LogP contribution in [-0.2, 0) is 9.53 Å². The van der Waals surface area contributed by atoms with Crippen molar-refractivity contribution < 1.29 is 23.9 Å². The molecule has 3 rings (SSSR count). The number of halogens is 2. The maximum atomic E-state index is 12.2. The Balaban J connectivity index is 1.56. The van der Waals surface area contributed by atoms with Gasteiger partial charge in [-0.15, -0.1) is 11.3 Å². The Labute approximate surface area is 179 Å². The van der Waals surface area contributed by atoms with Gasteiger partial charge in [0.15, 0.2) is 6.61 Å². The fraction of sp³-hybridized carbons (Fsp3) is 0.105. The Kier molecular flexibility index (Phi) is 6.58. The number of amides is 2. The van der Waals surface area contributed by atoms with Crippen LogP contribution in [0.1, 0.15) is 20.0 Å². The molecule has 0 aliphatic rings. The number of methoxy groups -OCH3 is 1. The largest absolute Gasteiger partial charge is 0.496 e. The summed E-state index contributed by atoms with van der Waals surface area (Å²) in [5.41, 5.74) is 4.49. The molecule has 0 saturated heterocycles. The maximum absolute atomic E-state index is 12.2. The van der Waals surface area contributed by atoms with Gasteiger partial charge in [0.1, 0.15) is 10.6 Å². The highest BCUT2D eigenvalue weighted by Crippen LogP contribution is 2.35. The fourth-order valence-electron chi connectivity index (χ4n) is 2.43. The molecule has 0 spiro atoms. The number of esters is 1. The van der Waals surface area contributed by atoms with Crippen molar-refractivity contribution in [1.82, 2.24) is 10.9 Å². The van der Waals surface area contributed by atoms with Crippen LogP contribution < -0.4 is 15.6 Å². The summed E-state index contributed by atoms with van der Waals surface area (Å²) in [5.74, 6) is -1.82. The summed E-state index contributed by atoms with van der Waals surface area (Å²) in [7, 11) is 1.40. The zero-order chi connectivity index (χ0) is 21.0. The highest BCUT2D eigenvalue weighted by atomic mass is 35.5. The molecule has 0 unspecified atom stereocenters. The van der Waals surface area contributed by atoms with Gasteiger partial charge in [0.05, 0.1) is 17.7 Å². The first-order valence-electron chi connectivity index (χ1n) is 8.17. The van der Waals surface area contributed by atoms with E-state index in [1.165, 1.54) is 30.6 Å².